The summed E-state index contributed by atoms with van der Waals surface area (Å²) in [6, 6.07) is 3.37. The number of piperidine rings is 1. The number of nitrogens with zero attached hydrogens (tertiary/aromatic N) is 3. The maximum atomic E-state index is 13.0. The number of aromatic nitrogens is 2. The SMILES string of the molecule is Cc1nn(C2CCCCC2)c2sc(C(=O)N[C@H]3CC[C@H](N4CCC(=O)CC4)CC3)cc12. The first-order chi connectivity index (χ1) is 15.1. The second kappa shape index (κ2) is 9.02. The van der Waals surface area contributed by atoms with Gasteiger partial charge in [-0.15, -0.1) is 11.3 Å². The Morgan fingerprint density at radius 1 is 1.03 bits per heavy atom. The highest BCUT2D eigenvalue weighted by atomic mass is 32.1. The van der Waals surface area contributed by atoms with Gasteiger partial charge in [-0.25, -0.2) is 0 Å². The summed E-state index contributed by atoms with van der Waals surface area (Å²) in [5, 5.41) is 9.26. The van der Waals surface area contributed by atoms with Crippen molar-refractivity contribution in [2.45, 2.75) is 95.7 Å². The highest BCUT2D eigenvalue weighted by Crippen LogP contribution is 2.35. The number of nitrogens with one attached hydrogen (secondary N) is 1. The zero-order valence-electron chi connectivity index (χ0n) is 18.6. The third kappa shape index (κ3) is 4.44. The van der Waals surface area contributed by atoms with Gasteiger partial charge < -0.3 is 5.32 Å². The highest BCUT2D eigenvalue weighted by molar-refractivity contribution is 7.20. The van der Waals surface area contributed by atoms with Gasteiger partial charge in [0, 0.05) is 43.4 Å². The van der Waals surface area contributed by atoms with Gasteiger partial charge in [-0.3, -0.25) is 19.2 Å². The lowest BCUT2D eigenvalue weighted by Gasteiger charge is -2.38. The molecule has 1 N–H and O–H groups in total. The van der Waals surface area contributed by atoms with Crippen LogP contribution in [0.15, 0.2) is 6.07 Å². The molecule has 3 fully saturated rings. The second-order valence-electron chi connectivity index (χ2n) is 9.70. The van der Waals surface area contributed by atoms with E-state index in [9.17, 15) is 9.59 Å². The zero-order chi connectivity index (χ0) is 21.4. The summed E-state index contributed by atoms with van der Waals surface area (Å²) in [4.78, 5) is 29.0. The third-order valence-electron chi connectivity index (χ3n) is 7.62. The fourth-order valence-electron chi connectivity index (χ4n) is 5.74. The first kappa shape index (κ1) is 21.1. The molecule has 2 aliphatic carbocycles. The van der Waals surface area contributed by atoms with Gasteiger partial charge in [0.05, 0.1) is 16.6 Å². The van der Waals surface area contributed by atoms with Crippen LogP contribution in [0.1, 0.15) is 92.0 Å². The molecule has 2 aromatic heterocycles. The predicted molar refractivity (Wildman–Crippen MR) is 124 cm³/mol. The Balaban J connectivity index is 1.20. The Morgan fingerprint density at radius 2 is 1.74 bits per heavy atom. The van der Waals surface area contributed by atoms with Crippen LogP contribution in [0.5, 0.6) is 0 Å². The number of Topliss-reactive ketones (excluding diaryl/α,β-unsaturated/α-hetero) is 1. The van der Waals surface area contributed by atoms with Crippen LogP contribution < -0.4 is 5.32 Å². The van der Waals surface area contributed by atoms with Crippen molar-refractivity contribution >= 4 is 33.2 Å². The number of hydrogen-bond donors (Lipinski definition) is 1. The van der Waals surface area contributed by atoms with Crippen molar-refractivity contribution in [1.29, 1.82) is 0 Å². The van der Waals surface area contributed by atoms with E-state index in [1.165, 1.54) is 32.1 Å². The molecule has 168 valence electrons. The summed E-state index contributed by atoms with van der Waals surface area (Å²) in [5.74, 6) is 0.477. The molecule has 0 bridgehead atoms. The molecule has 3 heterocycles. The molecule has 7 heteroatoms. The minimum Gasteiger partial charge on any atom is -0.349 e. The maximum absolute atomic E-state index is 13.0. The van der Waals surface area contributed by atoms with E-state index in [0.29, 0.717) is 30.7 Å². The standard InChI is InChI=1S/C24H34N4O2S/c1-16-21-15-22(31-24(21)28(26-16)19-5-3-2-4-6-19)23(30)25-17-7-9-18(10-8-17)27-13-11-20(29)12-14-27/h15,17-19H,2-14H2,1H3,(H,25,30)/t17-,18-. The fraction of sp³-hybridized carbons (Fsp3) is 0.708. The number of carbonyl (C=O) groups excluding carboxylic acids is 2. The van der Waals surface area contributed by atoms with Gasteiger partial charge in [-0.1, -0.05) is 19.3 Å². The van der Waals surface area contributed by atoms with E-state index in [2.05, 4.69) is 21.8 Å². The van der Waals surface area contributed by atoms with Crippen LogP contribution in [-0.2, 0) is 4.79 Å². The van der Waals surface area contributed by atoms with E-state index < -0.39 is 0 Å². The Labute approximate surface area is 188 Å². The number of amides is 1. The Kier molecular flexibility index (Phi) is 6.15. The Bertz CT molecular complexity index is 940. The average Bonchev–Trinajstić information content (AvgIpc) is 3.36. The number of rotatable bonds is 4. The van der Waals surface area contributed by atoms with Crippen molar-refractivity contribution in [1.82, 2.24) is 20.0 Å². The monoisotopic (exact) mass is 442 g/mol. The lowest BCUT2D eigenvalue weighted by molar-refractivity contribution is -0.122. The number of fused-ring (bicyclic) bond motifs is 1. The fourth-order valence-corrected chi connectivity index (χ4v) is 6.87. The number of ketones is 1. The van der Waals surface area contributed by atoms with Crippen molar-refractivity contribution in [3.8, 4) is 0 Å². The molecule has 31 heavy (non-hydrogen) atoms. The summed E-state index contributed by atoms with van der Waals surface area (Å²) in [7, 11) is 0. The summed E-state index contributed by atoms with van der Waals surface area (Å²) in [6.45, 7) is 3.89. The molecule has 0 atom stereocenters. The molecule has 0 radical (unpaired) electrons. The van der Waals surface area contributed by atoms with E-state index in [1.807, 2.05) is 6.07 Å². The van der Waals surface area contributed by atoms with Crippen LogP contribution in [0.3, 0.4) is 0 Å². The Hall–Kier alpha value is -1.73. The van der Waals surface area contributed by atoms with Crippen molar-refractivity contribution in [3.05, 3.63) is 16.6 Å². The van der Waals surface area contributed by atoms with Gasteiger partial charge in [-0.05, 0) is 51.5 Å². The summed E-state index contributed by atoms with van der Waals surface area (Å²) < 4.78 is 2.21. The van der Waals surface area contributed by atoms with Crippen LogP contribution in [-0.4, -0.2) is 51.5 Å². The van der Waals surface area contributed by atoms with Gasteiger partial charge in [0.25, 0.3) is 5.91 Å². The number of likely N-dealkylation sites (tertiary alicyclic amines) is 1. The minimum absolute atomic E-state index is 0.0720. The molecule has 0 unspecified atom stereocenters. The van der Waals surface area contributed by atoms with Gasteiger partial charge in [0.15, 0.2) is 0 Å². The first-order valence-corrected chi connectivity index (χ1v) is 13.0. The quantitative estimate of drug-likeness (QED) is 0.750. The Morgan fingerprint density at radius 3 is 2.45 bits per heavy atom. The zero-order valence-corrected chi connectivity index (χ0v) is 19.4. The molecule has 6 nitrogen and oxygen atoms in total. The molecular formula is C24H34N4O2S. The van der Waals surface area contributed by atoms with Crippen LogP contribution in [0, 0.1) is 6.92 Å². The molecule has 2 aromatic rings. The smallest absolute Gasteiger partial charge is 0.261 e. The predicted octanol–water partition coefficient (Wildman–Crippen LogP) is 4.62. The number of carbonyl (C=O) groups is 2. The molecule has 3 aliphatic rings. The molecular weight excluding hydrogens is 408 g/mol. The average molecular weight is 443 g/mol. The largest absolute Gasteiger partial charge is 0.349 e. The van der Waals surface area contributed by atoms with Crippen LogP contribution in [0.2, 0.25) is 0 Å². The molecule has 0 spiro atoms. The van der Waals surface area contributed by atoms with Crippen molar-refractivity contribution in [2.75, 3.05) is 13.1 Å². The molecule has 2 saturated carbocycles. The van der Waals surface area contributed by atoms with E-state index in [1.54, 1.807) is 11.3 Å². The van der Waals surface area contributed by atoms with Crippen LogP contribution >= 0.6 is 11.3 Å². The summed E-state index contributed by atoms with van der Waals surface area (Å²) in [5.41, 5.74) is 1.04. The highest BCUT2D eigenvalue weighted by Gasteiger charge is 2.29. The van der Waals surface area contributed by atoms with Gasteiger partial charge in [0.2, 0.25) is 0 Å². The summed E-state index contributed by atoms with van der Waals surface area (Å²) >= 11 is 1.61. The molecule has 1 amide bonds. The molecule has 1 saturated heterocycles. The summed E-state index contributed by atoms with van der Waals surface area (Å²) in [6.07, 6.45) is 12.0. The number of thiophene rings is 1. The van der Waals surface area contributed by atoms with E-state index in [-0.39, 0.29) is 11.9 Å². The lowest BCUT2D eigenvalue weighted by Crippen LogP contribution is -2.46. The molecule has 0 aromatic carbocycles. The van der Waals surface area contributed by atoms with E-state index in [0.717, 1.165) is 59.6 Å². The van der Waals surface area contributed by atoms with E-state index >= 15 is 0 Å². The maximum Gasteiger partial charge on any atom is 0.261 e. The van der Waals surface area contributed by atoms with Crippen LogP contribution in [0.4, 0.5) is 0 Å². The number of aryl methyl sites for hydroxylation is 1. The number of hydrogen-bond acceptors (Lipinski definition) is 5. The molecule has 1 aliphatic heterocycles. The van der Waals surface area contributed by atoms with Crippen molar-refractivity contribution in [3.63, 3.8) is 0 Å². The van der Waals surface area contributed by atoms with Gasteiger partial charge in [-0.2, -0.15) is 5.10 Å². The third-order valence-corrected chi connectivity index (χ3v) is 8.74. The van der Waals surface area contributed by atoms with Gasteiger partial charge >= 0.3 is 0 Å². The van der Waals surface area contributed by atoms with Crippen molar-refractivity contribution < 1.29 is 9.59 Å². The van der Waals surface area contributed by atoms with Crippen molar-refractivity contribution in [2.24, 2.45) is 0 Å². The van der Waals surface area contributed by atoms with E-state index in [4.69, 9.17) is 5.10 Å². The topological polar surface area (TPSA) is 67.2 Å². The second-order valence-corrected chi connectivity index (χ2v) is 10.7. The van der Waals surface area contributed by atoms with Gasteiger partial charge in [0.1, 0.15) is 10.6 Å². The molecule has 5 rings (SSSR count). The minimum atomic E-state index is 0.0720. The lowest BCUT2D eigenvalue weighted by atomic mass is 9.89. The van der Waals surface area contributed by atoms with Crippen LogP contribution in [0.25, 0.3) is 10.2 Å². The first-order valence-electron chi connectivity index (χ1n) is 12.1. The normalized spacial score (nSPS) is 26.4.